The van der Waals surface area contributed by atoms with Gasteiger partial charge in [0.25, 0.3) is 0 Å². The van der Waals surface area contributed by atoms with Crippen LogP contribution >= 0.6 is 0 Å². The molecule has 1 amide bonds. The molecule has 0 aromatic carbocycles. The van der Waals surface area contributed by atoms with Gasteiger partial charge in [-0.05, 0) is 20.8 Å². The van der Waals surface area contributed by atoms with Crippen molar-refractivity contribution in [1.82, 2.24) is 5.32 Å². The van der Waals surface area contributed by atoms with Crippen LogP contribution in [0.15, 0.2) is 0 Å². The van der Waals surface area contributed by atoms with Gasteiger partial charge in [-0.15, -0.1) is 0 Å². The standard InChI is InChI=1S/C11H19NO5.C3H8/c1-11(2,3)17-10(14)12-4-9(13)16-7-8-5-15-6-8;1-3-2/h8H,4-7H2,1-3H3,(H,12,14);3H2,1-2H3. The third-order valence-corrected chi connectivity index (χ3v) is 1.96. The number of hydrogen-bond acceptors (Lipinski definition) is 5. The van der Waals surface area contributed by atoms with Gasteiger partial charge in [0.15, 0.2) is 0 Å². The fourth-order valence-corrected chi connectivity index (χ4v) is 1.10. The van der Waals surface area contributed by atoms with E-state index in [1.54, 1.807) is 20.8 Å². The van der Waals surface area contributed by atoms with Crippen LogP contribution in [-0.4, -0.2) is 44.0 Å². The second-order valence-electron chi connectivity index (χ2n) is 5.65. The summed E-state index contributed by atoms with van der Waals surface area (Å²) in [5.41, 5.74) is -0.572. The number of carbonyl (C=O) groups is 2. The van der Waals surface area contributed by atoms with E-state index in [1.165, 1.54) is 6.42 Å². The molecule has 0 unspecified atom stereocenters. The third kappa shape index (κ3) is 10.6. The summed E-state index contributed by atoms with van der Waals surface area (Å²) in [5.74, 6) is -0.178. The maximum Gasteiger partial charge on any atom is 0.408 e. The van der Waals surface area contributed by atoms with E-state index < -0.39 is 17.7 Å². The summed E-state index contributed by atoms with van der Waals surface area (Å²) in [6.07, 6.45) is 0.626. The quantitative estimate of drug-likeness (QED) is 0.802. The van der Waals surface area contributed by atoms with Crippen molar-refractivity contribution in [3.05, 3.63) is 0 Å². The van der Waals surface area contributed by atoms with Crippen LogP contribution in [0.1, 0.15) is 41.0 Å². The van der Waals surface area contributed by atoms with Gasteiger partial charge in [0, 0.05) is 5.92 Å². The van der Waals surface area contributed by atoms with Gasteiger partial charge in [-0.25, -0.2) is 4.79 Å². The fourth-order valence-electron chi connectivity index (χ4n) is 1.10. The Kier molecular flexibility index (Phi) is 8.96. The van der Waals surface area contributed by atoms with E-state index in [2.05, 4.69) is 19.2 Å². The summed E-state index contributed by atoms with van der Waals surface area (Å²) in [6.45, 7) is 10.9. The predicted molar refractivity (Wildman–Crippen MR) is 75.5 cm³/mol. The first kappa shape index (κ1) is 18.7. The molecule has 20 heavy (non-hydrogen) atoms. The van der Waals surface area contributed by atoms with Crippen molar-refractivity contribution < 1.29 is 23.8 Å². The molecule has 6 heteroatoms. The molecule has 1 fully saturated rings. The van der Waals surface area contributed by atoms with E-state index in [0.29, 0.717) is 25.7 Å². The molecule has 1 heterocycles. The molecule has 1 N–H and O–H groups in total. The molecule has 0 spiro atoms. The van der Waals surface area contributed by atoms with Crippen molar-refractivity contribution >= 4 is 12.1 Å². The zero-order valence-electron chi connectivity index (χ0n) is 13.2. The first-order chi connectivity index (χ1) is 9.28. The molecule has 0 aromatic heterocycles. The zero-order valence-corrected chi connectivity index (χ0v) is 13.2. The molecule has 0 bridgehead atoms. The van der Waals surface area contributed by atoms with Crippen LogP contribution in [0.5, 0.6) is 0 Å². The molecule has 1 saturated heterocycles. The predicted octanol–water partition coefficient (Wildman–Crippen LogP) is 2.12. The number of amides is 1. The van der Waals surface area contributed by atoms with Gasteiger partial charge in [-0.2, -0.15) is 0 Å². The average Bonchev–Trinajstić information content (AvgIpc) is 2.23. The number of alkyl carbamates (subject to hydrolysis) is 1. The summed E-state index contributed by atoms with van der Waals surface area (Å²) in [7, 11) is 0. The van der Waals surface area contributed by atoms with Crippen molar-refractivity contribution in [2.45, 2.75) is 46.6 Å². The summed E-state index contributed by atoms with van der Waals surface area (Å²) in [6, 6.07) is 0. The average molecular weight is 289 g/mol. The molecule has 6 nitrogen and oxygen atoms in total. The topological polar surface area (TPSA) is 73.9 Å². The van der Waals surface area contributed by atoms with Crippen LogP contribution in [0.4, 0.5) is 4.79 Å². The molecule has 0 aliphatic carbocycles. The lowest BCUT2D eigenvalue weighted by atomic mass is 10.1. The summed E-state index contributed by atoms with van der Waals surface area (Å²) >= 11 is 0. The highest BCUT2D eigenvalue weighted by Crippen LogP contribution is 2.09. The lowest BCUT2D eigenvalue weighted by molar-refractivity contribution is -0.149. The monoisotopic (exact) mass is 289 g/mol. The molecule has 0 radical (unpaired) electrons. The number of esters is 1. The Bertz CT molecular complexity index is 294. The molecule has 0 aromatic rings. The van der Waals surface area contributed by atoms with E-state index >= 15 is 0 Å². The van der Waals surface area contributed by atoms with Gasteiger partial charge in [-0.1, -0.05) is 20.3 Å². The van der Waals surface area contributed by atoms with Crippen molar-refractivity contribution in [2.75, 3.05) is 26.4 Å². The van der Waals surface area contributed by atoms with E-state index in [-0.39, 0.29) is 6.54 Å². The minimum atomic E-state index is -0.624. The molecule has 1 aliphatic rings. The third-order valence-electron chi connectivity index (χ3n) is 1.96. The largest absolute Gasteiger partial charge is 0.464 e. The number of hydrogen-bond donors (Lipinski definition) is 1. The van der Waals surface area contributed by atoms with Gasteiger partial charge >= 0.3 is 12.1 Å². The Morgan fingerprint density at radius 1 is 1.25 bits per heavy atom. The van der Waals surface area contributed by atoms with E-state index in [4.69, 9.17) is 14.2 Å². The minimum absolute atomic E-state index is 0.178. The Morgan fingerprint density at radius 2 is 1.80 bits per heavy atom. The lowest BCUT2D eigenvalue weighted by Gasteiger charge is -2.25. The highest BCUT2D eigenvalue weighted by molar-refractivity contribution is 5.77. The second kappa shape index (κ2) is 9.58. The first-order valence-electron chi connectivity index (χ1n) is 6.98. The smallest absolute Gasteiger partial charge is 0.408 e. The van der Waals surface area contributed by atoms with Gasteiger partial charge in [0.05, 0.1) is 19.8 Å². The number of rotatable bonds is 4. The zero-order chi connectivity index (χ0) is 15.6. The molecule has 0 atom stereocenters. The highest BCUT2D eigenvalue weighted by Gasteiger charge is 2.21. The van der Waals surface area contributed by atoms with Gasteiger partial charge in [0.2, 0.25) is 0 Å². The maximum atomic E-state index is 11.2. The fraction of sp³-hybridized carbons (Fsp3) is 0.857. The van der Waals surface area contributed by atoms with Crippen molar-refractivity contribution in [2.24, 2.45) is 5.92 Å². The summed E-state index contributed by atoms with van der Waals surface area (Å²) in [4.78, 5) is 22.4. The normalized spacial score (nSPS) is 14.4. The van der Waals surface area contributed by atoms with Crippen LogP contribution in [-0.2, 0) is 19.0 Å². The minimum Gasteiger partial charge on any atom is -0.464 e. The molecule has 1 rings (SSSR count). The van der Waals surface area contributed by atoms with Crippen molar-refractivity contribution in [1.29, 1.82) is 0 Å². The van der Waals surface area contributed by atoms with Crippen molar-refractivity contribution in [3.63, 3.8) is 0 Å². The summed E-state index contributed by atoms with van der Waals surface area (Å²) < 4.78 is 14.8. The van der Waals surface area contributed by atoms with E-state index in [9.17, 15) is 9.59 Å². The maximum absolute atomic E-state index is 11.2. The van der Waals surface area contributed by atoms with Crippen LogP contribution in [0, 0.1) is 5.92 Å². The Morgan fingerprint density at radius 3 is 2.20 bits per heavy atom. The van der Waals surface area contributed by atoms with Crippen LogP contribution in [0.3, 0.4) is 0 Å². The Labute approximate surface area is 121 Å². The van der Waals surface area contributed by atoms with Gasteiger partial charge < -0.3 is 19.5 Å². The number of nitrogens with one attached hydrogen (secondary N) is 1. The molecule has 0 saturated carbocycles. The molecule has 118 valence electrons. The lowest BCUT2D eigenvalue weighted by Crippen LogP contribution is -2.37. The number of ether oxygens (including phenoxy) is 3. The van der Waals surface area contributed by atoms with Crippen LogP contribution in [0.2, 0.25) is 0 Å². The van der Waals surface area contributed by atoms with Gasteiger partial charge in [-0.3, -0.25) is 4.79 Å². The van der Waals surface area contributed by atoms with Crippen molar-refractivity contribution in [3.8, 4) is 0 Å². The Balaban J connectivity index is 0.00000110. The Hall–Kier alpha value is -1.30. The first-order valence-corrected chi connectivity index (χ1v) is 6.98. The van der Waals surface area contributed by atoms with Gasteiger partial charge in [0.1, 0.15) is 12.1 Å². The molecule has 1 aliphatic heterocycles. The summed E-state index contributed by atoms with van der Waals surface area (Å²) in [5, 5.41) is 2.33. The van der Waals surface area contributed by atoms with Crippen LogP contribution in [0.25, 0.3) is 0 Å². The highest BCUT2D eigenvalue weighted by atomic mass is 16.6. The number of carbonyl (C=O) groups excluding carboxylic acids is 2. The SMILES string of the molecule is CC(C)(C)OC(=O)NCC(=O)OCC1COC1.CCC. The molecular formula is C14H27NO5. The van der Waals surface area contributed by atoms with E-state index in [0.717, 1.165) is 0 Å². The van der Waals surface area contributed by atoms with Crippen LogP contribution < -0.4 is 5.32 Å². The molecular weight excluding hydrogens is 262 g/mol. The van der Waals surface area contributed by atoms with E-state index in [1.807, 2.05) is 0 Å². The second-order valence-corrected chi connectivity index (χ2v) is 5.65.